The number of hydrogen-bond acceptors (Lipinski definition) is 4. The van der Waals surface area contributed by atoms with E-state index in [0.29, 0.717) is 10.0 Å². The highest BCUT2D eigenvalue weighted by molar-refractivity contribution is 7.93. The number of sulfonamides is 1. The first kappa shape index (κ1) is 16.6. The summed E-state index contributed by atoms with van der Waals surface area (Å²) in [7, 11) is -1.87. The Labute approximate surface area is 138 Å². The first-order valence-electron chi connectivity index (χ1n) is 6.08. The quantitative estimate of drug-likeness (QED) is 0.837. The van der Waals surface area contributed by atoms with Gasteiger partial charge in [-0.25, -0.2) is 8.42 Å². The molecular weight excluding hydrogens is 351 g/mol. The molecule has 8 heteroatoms. The largest absolute Gasteiger partial charge is 0.313 e. The second-order valence-electron chi connectivity index (χ2n) is 4.43. The fraction of sp³-hybridized carbons (Fsp3) is 0.231. The Kier molecular flexibility index (Phi) is 5.16. The summed E-state index contributed by atoms with van der Waals surface area (Å²) >= 11 is 12.7. The molecule has 0 aliphatic carbocycles. The summed E-state index contributed by atoms with van der Waals surface area (Å²) in [6, 6.07) is 8.68. The molecule has 0 fully saturated rings. The topological polar surface area (TPSA) is 58.2 Å². The molecule has 1 aromatic carbocycles. The molecule has 0 amide bonds. The molecule has 2 rings (SSSR count). The zero-order valence-electron chi connectivity index (χ0n) is 11.4. The van der Waals surface area contributed by atoms with Crippen molar-refractivity contribution >= 4 is 50.2 Å². The lowest BCUT2D eigenvalue weighted by molar-refractivity contribution is 0.601. The molecule has 0 aliphatic heterocycles. The van der Waals surface area contributed by atoms with Crippen LogP contribution in [-0.2, 0) is 10.0 Å². The number of nitrogens with one attached hydrogen (secondary N) is 2. The second-order valence-corrected chi connectivity index (χ2v) is 8.36. The van der Waals surface area contributed by atoms with Crippen LogP contribution >= 0.6 is 34.5 Å². The van der Waals surface area contributed by atoms with Crippen LogP contribution in [-0.4, -0.2) is 15.5 Å². The van der Waals surface area contributed by atoms with E-state index in [1.165, 1.54) is 6.07 Å². The maximum atomic E-state index is 12.3. The smallest absolute Gasteiger partial charge is 0.264 e. The molecule has 114 valence electrons. The maximum Gasteiger partial charge on any atom is 0.264 e. The highest BCUT2D eigenvalue weighted by atomic mass is 35.5. The third-order valence-corrected chi connectivity index (χ3v) is 6.15. The standard InChI is InChI=1S/C13H14Cl2N2O2S2/c1-8(16-2)9-3-5-10(6-4-9)17-21(18,19)11-7-12(14)20-13(11)15/h3-8,16-17H,1-2H3. The molecule has 0 saturated heterocycles. The molecule has 21 heavy (non-hydrogen) atoms. The van der Waals surface area contributed by atoms with Gasteiger partial charge in [-0.3, -0.25) is 4.72 Å². The fourth-order valence-electron chi connectivity index (χ4n) is 1.73. The van der Waals surface area contributed by atoms with Crippen molar-refractivity contribution < 1.29 is 8.42 Å². The SMILES string of the molecule is CNC(C)c1ccc(NS(=O)(=O)c2cc(Cl)sc2Cl)cc1. The van der Waals surface area contributed by atoms with Crippen molar-refractivity contribution in [3.8, 4) is 0 Å². The van der Waals surface area contributed by atoms with Crippen molar-refractivity contribution in [1.82, 2.24) is 5.32 Å². The summed E-state index contributed by atoms with van der Waals surface area (Å²) in [5.74, 6) is 0. The first-order valence-corrected chi connectivity index (χ1v) is 9.14. The number of halogens is 2. The van der Waals surface area contributed by atoms with Gasteiger partial charge in [0.25, 0.3) is 10.0 Å². The molecule has 0 aliphatic rings. The van der Waals surface area contributed by atoms with E-state index in [1.54, 1.807) is 12.1 Å². The van der Waals surface area contributed by atoms with Gasteiger partial charge >= 0.3 is 0 Å². The molecule has 0 spiro atoms. The Hall–Kier alpha value is -0.790. The van der Waals surface area contributed by atoms with E-state index in [9.17, 15) is 8.42 Å². The molecule has 0 bridgehead atoms. The van der Waals surface area contributed by atoms with Crippen LogP contribution in [0.25, 0.3) is 0 Å². The summed E-state index contributed by atoms with van der Waals surface area (Å²) in [5.41, 5.74) is 1.54. The minimum atomic E-state index is -3.73. The minimum absolute atomic E-state index is 0.00756. The average Bonchev–Trinajstić information content (AvgIpc) is 2.78. The fourth-order valence-corrected chi connectivity index (χ4v) is 4.93. The lowest BCUT2D eigenvalue weighted by Crippen LogP contribution is -2.14. The second kappa shape index (κ2) is 6.54. The number of anilines is 1. The van der Waals surface area contributed by atoms with Crippen LogP contribution < -0.4 is 10.0 Å². The highest BCUT2D eigenvalue weighted by Gasteiger charge is 2.21. The lowest BCUT2D eigenvalue weighted by Gasteiger charge is -2.12. The van der Waals surface area contributed by atoms with Crippen LogP contribution in [0.2, 0.25) is 8.67 Å². The number of hydrogen-bond donors (Lipinski definition) is 2. The third kappa shape index (κ3) is 3.90. The summed E-state index contributed by atoms with van der Waals surface area (Å²) in [6.07, 6.45) is 0. The normalized spacial score (nSPS) is 13.1. The van der Waals surface area contributed by atoms with E-state index in [4.69, 9.17) is 23.2 Å². The van der Waals surface area contributed by atoms with Crippen molar-refractivity contribution in [2.45, 2.75) is 17.9 Å². The predicted molar refractivity (Wildman–Crippen MR) is 89.1 cm³/mol. The van der Waals surface area contributed by atoms with Gasteiger partial charge in [0.05, 0.1) is 4.34 Å². The van der Waals surface area contributed by atoms with E-state index in [2.05, 4.69) is 10.0 Å². The number of rotatable bonds is 5. The predicted octanol–water partition coefficient (Wildman–Crippen LogP) is 4.14. The van der Waals surface area contributed by atoms with Gasteiger partial charge in [-0.1, -0.05) is 35.3 Å². The van der Waals surface area contributed by atoms with Gasteiger partial charge in [0.1, 0.15) is 9.23 Å². The van der Waals surface area contributed by atoms with Crippen LogP contribution in [0.1, 0.15) is 18.5 Å². The molecule has 2 aromatic rings. The van der Waals surface area contributed by atoms with Crippen molar-refractivity contribution in [2.75, 3.05) is 11.8 Å². The van der Waals surface area contributed by atoms with Gasteiger partial charge in [-0.05, 0) is 37.7 Å². The molecule has 2 N–H and O–H groups in total. The summed E-state index contributed by atoms with van der Waals surface area (Å²) in [4.78, 5) is -0.00756. The Balaban J connectivity index is 2.23. The van der Waals surface area contributed by atoms with Gasteiger partial charge < -0.3 is 5.32 Å². The van der Waals surface area contributed by atoms with Crippen LogP contribution in [0.4, 0.5) is 5.69 Å². The molecular formula is C13H14Cl2N2O2S2. The molecule has 0 saturated carbocycles. The van der Waals surface area contributed by atoms with Gasteiger partial charge in [0.15, 0.2) is 0 Å². The van der Waals surface area contributed by atoms with E-state index in [0.717, 1.165) is 16.9 Å². The van der Waals surface area contributed by atoms with E-state index in [-0.39, 0.29) is 15.3 Å². The Morgan fingerprint density at radius 2 is 1.81 bits per heavy atom. The summed E-state index contributed by atoms with van der Waals surface area (Å²) < 4.78 is 27.5. The molecule has 0 radical (unpaired) electrons. The zero-order valence-corrected chi connectivity index (χ0v) is 14.5. The van der Waals surface area contributed by atoms with Gasteiger partial charge in [-0.15, -0.1) is 11.3 Å². The van der Waals surface area contributed by atoms with E-state index < -0.39 is 10.0 Å². The zero-order chi connectivity index (χ0) is 15.6. The van der Waals surface area contributed by atoms with Crippen molar-refractivity contribution in [3.63, 3.8) is 0 Å². The molecule has 4 nitrogen and oxygen atoms in total. The van der Waals surface area contributed by atoms with Gasteiger partial charge in [0.2, 0.25) is 0 Å². The van der Waals surface area contributed by atoms with E-state index in [1.807, 2.05) is 26.1 Å². The van der Waals surface area contributed by atoms with Gasteiger partial charge in [-0.2, -0.15) is 0 Å². The maximum absolute atomic E-state index is 12.3. The van der Waals surface area contributed by atoms with Crippen molar-refractivity contribution in [1.29, 1.82) is 0 Å². The average molecular weight is 365 g/mol. The third-order valence-electron chi connectivity index (χ3n) is 3.01. The molecule has 1 atom stereocenters. The summed E-state index contributed by atoms with van der Waals surface area (Å²) in [6.45, 7) is 2.02. The Bertz CT molecular complexity index is 727. The number of thiophene rings is 1. The molecule has 1 heterocycles. The van der Waals surface area contributed by atoms with Crippen LogP contribution in [0.5, 0.6) is 0 Å². The molecule has 1 unspecified atom stereocenters. The van der Waals surface area contributed by atoms with Crippen LogP contribution in [0.3, 0.4) is 0 Å². The number of benzene rings is 1. The van der Waals surface area contributed by atoms with E-state index >= 15 is 0 Å². The monoisotopic (exact) mass is 364 g/mol. The molecule has 1 aromatic heterocycles. The van der Waals surface area contributed by atoms with Crippen molar-refractivity contribution in [3.05, 3.63) is 44.6 Å². The minimum Gasteiger partial charge on any atom is -0.313 e. The van der Waals surface area contributed by atoms with Crippen LogP contribution in [0, 0.1) is 0 Å². The lowest BCUT2D eigenvalue weighted by atomic mass is 10.1. The summed E-state index contributed by atoms with van der Waals surface area (Å²) in [5, 5.41) is 3.12. The highest BCUT2D eigenvalue weighted by Crippen LogP contribution is 2.35. The van der Waals surface area contributed by atoms with Crippen LogP contribution in [0.15, 0.2) is 35.2 Å². The first-order chi connectivity index (χ1) is 9.83. The Morgan fingerprint density at radius 3 is 2.29 bits per heavy atom. The van der Waals surface area contributed by atoms with Gasteiger partial charge in [0, 0.05) is 11.7 Å². The van der Waals surface area contributed by atoms with Crippen molar-refractivity contribution in [2.24, 2.45) is 0 Å². The Morgan fingerprint density at radius 1 is 1.19 bits per heavy atom.